The Morgan fingerprint density at radius 2 is 1.90 bits per heavy atom. The Labute approximate surface area is 171 Å². The molecule has 0 aliphatic heterocycles. The monoisotopic (exact) mass is 410 g/mol. The average Bonchev–Trinajstić information content (AvgIpc) is 3.19. The standard InChI is InChI=1S/C21H15ClN2O5/c1-27-20-7-3-13(10-21(20)28-2)14(12-23)9-16-5-8-19(29-16)17-6-4-15(24(25)26)11-18(17)22/h3-11H,1-2H3/b14-9+. The molecule has 1 heterocycles. The van der Waals surface area contributed by atoms with Gasteiger partial charge in [0.05, 0.1) is 35.8 Å². The second-order valence-electron chi connectivity index (χ2n) is 5.86. The van der Waals surface area contributed by atoms with E-state index in [-0.39, 0.29) is 10.7 Å². The van der Waals surface area contributed by atoms with Crippen LogP contribution in [0.3, 0.4) is 0 Å². The molecule has 8 heteroatoms. The van der Waals surface area contributed by atoms with E-state index in [1.54, 1.807) is 36.4 Å². The number of ether oxygens (including phenoxy) is 2. The predicted octanol–water partition coefficient (Wildman–Crippen LogP) is 5.59. The highest BCUT2D eigenvalue weighted by atomic mass is 35.5. The maximum absolute atomic E-state index is 10.8. The molecule has 0 atom stereocenters. The number of hydrogen-bond acceptors (Lipinski definition) is 6. The van der Waals surface area contributed by atoms with E-state index in [0.29, 0.717) is 39.7 Å². The number of halogens is 1. The minimum absolute atomic E-state index is 0.106. The van der Waals surface area contributed by atoms with E-state index in [4.69, 9.17) is 25.5 Å². The van der Waals surface area contributed by atoms with Gasteiger partial charge in [0.15, 0.2) is 11.5 Å². The Hall–Kier alpha value is -3.76. The summed E-state index contributed by atoms with van der Waals surface area (Å²) in [5, 5.41) is 20.6. The van der Waals surface area contributed by atoms with Gasteiger partial charge in [0.1, 0.15) is 11.5 Å². The highest BCUT2D eigenvalue weighted by Crippen LogP contribution is 2.34. The Morgan fingerprint density at radius 1 is 1.14 bits per heavy atom. The molecule has 0 N–H and O–H groups in total. The van der Waals surface area contributed by atoms with Gasteiger partial charge in [-0.2, -0.15) is 5.26 Å². The van der Waals surface area contributed by atoms with Gasteiger partial charge in [-0.05, 0) is 48.0 Å². The number of nitriles is 1. The van der Waals surface area contributed by atoms with Gasteiger partial charge in [-0.15, -0.1) is 0 Å². The molecule has 0 spiro atoms. The number of allylic oxidation sites excluding steroid dienone is 1. The molecule has 3 aromatic rings. The summed E-state index contributed by atoms with van der Waals surface area (Å²) < 4.78 is 16.3. The maximum atomic E-state index is 10.8. The van der Waals surface area contributed by atoms with E-state index < -0.39 is 4.92 Å². The number of furan rings is 1. The molecule has 0 bridgehead atoms. The number of hydrogen-bond donors (Lipinski definition) is 0. The highest BCUT2D eigenvalue weighted by molar-refractivity contribution is 6.33. The first kappa shape index (κ1) is 20.0. The van der Waals surface area contributed by atoms with Gasteiger partial charge >= 0.3 is 0 Å². The van der Waals surface area contributed by atoms with Gasteiger partial charge in [0.25, 0.3) is 5.69 Å². The van der Waals surface area contributed by atoms with Crippen LogP contribution in [0.1, 0.15) is 11.3 Å². The number of rotatable bonds is 6. The van der Waals surface area contributed by atoms with Crippen molar-refractivity contribution in [2.45, 2.75) is 0 Å². The Kier molecular flexibility index (Phi) is 5.86. The van der Waals surface area contributed by atoms with Gasteiger partial charge in [-0.1, -0.05) is 11.6 Å². The molecule has 7 nitrogen and oxygen atoms in total. The summed E-state index contributed by atoms with van der Waals surface area (Å²) >= 11 is 6.15. The van der Waals surface area contributed by atoms with E-state index in [9.17, 15) is 15.4 Å². The molecule has 0 aliphatic rings. The molecule has 3 rings (SSSR count). The molecule has 0 amide bonds. The molecular weight excluding hydrogens is 396 g/mol. The van der Waals surface area contributed by atoms with Crippen molar-refractivity contribution in [1.82, 2.24) is 0 Å². The van der Waals surface area contributed by atoms with E-state index in [1.165, 1.54) is 32.4 Å². The summed E-state index contributed by atoms with van der Waals surface area (Å²) in [7, 11) is 3.05. The molecule has 0 radical (unpaired) electrons. The van der Waals surface area contributed by atoms with Crippen molar-refractivity contribution in [3.8, 4) is 28.9 Å². The van der Waals surface area contributed by atoms with Gasteiger partial charge in [0.2, 0.25) is 0 Å². The molecule has 0 saturated carbocycles. The van der Waals surface area contributed by atoms with Crippen LogP contribution in [-0.2, 0) is 0 Å². The summed E-state index contributed by atoms with van der Waals surface area (Å²) in [5.74, 6) is 1.92. The largest absolute Gasteiger partial charge is 0.493 e. The molecule has 0 fully saturated rings. The SMILES string of the molecule is COc1ccc(/C(C#N)=C/c2ccc(-c3ccc([N+](=O)[O-])cc3Cl)o2)cc1OC. The Morgan fingerprint density at radius 3 is 2.52 bits per heavy atom. The summed E-state index contributed by atoms with van der Waals surface area (Å²) in [4.78, 5) is 10.3. The fourth-order valence-corrected chi connectivity index (χ4v) is 2.99. The zero-order chi connectivity index (χ0) is 21.0. The molecule has 0 saturated heterocycles. The first-order valence-electron chi connectivity index (χ1n) is 8.35. The van der Waals surface area contributed by atoms with Crippen LogP contribution in [-0.4, -0.2) is 19.1 Å². The highest BCUT2D eigenvalue weighted by Gasteiger charge is 2.14. The lowest BCUT2D eigenvalue weighted by molar-refractivity contribution is -0.384. The Balaban J connectivity index is 1.94. The third kappa shape index (κ3) is 4.23. The van der Waals surface area contributed by atoms with Crippen molar-refractivity contribution in [1.29, 1.82) is 5.26 Å². The molecule has 0 aliphatic carbocycles. The number of non-ortho nitro benzene ring substituents is 1. The van der Waals surface area contributed by atoms with Crippen molar-refractivity contribution >= 4 is 28.9 Å². The van der Waals surface area contributed by atoms with Crippen LogP contribution < -0.4 is 9.47 Å². The topological polar surface area (TPSA) is 98.5 Å². The van der Waals surface area contributed by atoms with Crippen LogP contribution >= 0.6 is 11.6 Å². The van der Waals surface area contributed by atoms with Crippen LogP contribution in [0.15, 0.2) is 52.9 Å². The number of nitro groups is 1. The lowest BCUT2D eigenvalue weighted by Gasteiger charge is -2.08. The number of nitro benzene ring substituents is 1. The van der Waals surface area contributed by atoms with Gasteiger partial charge < -0.3 is 13.9 Å². The van der Waals surface area contributed by atoms with Crippen LogP contribution in [0.25, 0.3) is 23.0 Å². The molecule has 29 heavy (non-hydrogen) atoms. The summed E-state index contributed by atoms with van der Waals surface area (Å²) in [6.45, 7) is 0. The van der Waals surface area contributed by atoms with Crippen LogP contribution in [0, 0.1) is 21.4 Å². The van der Waals surface area contributed by atoms with Gasteiger partial charge in [-0.3, -0.25) is 10.1 Å². The van der Waals surface area contributed by atoms with Gasteiger partial charge in [0, 0.05) is 17.7 Å². The number of benzene rings is 2. The van der Waals surface area contributed by atoms with Crippen LogP contribution in [0.4, 0.5) is 5.69 Å². The maximum Gasteiger partial charge on any atom is 0.270 e. The molecule has 1 aromatic heterocycles. The van der Waals surface area contributed by atoms with Crippen LogP contribution in [0.5, 0.6) is 11.5 Å². The smallest absolute Gasteiger partial charge is 0.270 e. The molecule has 2 aromatic carbocycles. The summed E-state index contributed by atoms with van der Waals surface area (Å²) in [6.07, 6.45) is 1.59. The van der Waals surface area contributed by atoms with Crippen molar-refractivity contribution < 1.29 is 18.8 Å². The van der Waals surface area contributed by atoms with Crippen molar-refractivity contribution in [3.63, 3.8) is 0 Å². The second-order valence-corrected chi connectivity index (χ2v) is 6.27. The van der Waals surface area contributed by atoms with E-state index in [1.807, 2.05) is 0 Å². The fraction of sp³-hybridized carbons (Fsp3) is 0.0952. The minimum Gasteiger partial charge on any atom is -0.493 e. The lowest BCUT2D eigenvalue weighted by atomic mass is 10.1. The summed E-state index contributed by atoms with van der Waals surface area (Å²) in [6, 6.07) is 14.8. The number of methoxy groups -OCH3 is 2. The quantitative estimate of drug-likeness (QED) is 0.298. The zero-order valence-electron chi connectivity index (χ0n) is 15.5. The third-order valence-electron chi connectivity index (χ3n) is 4.16. The van der Waals surface area contributed by atoms with E-state index in [0.717, 1.165) is 0 Å². The first-order chi connectivity index (χ1) is 14.0. The Bertz CT molecular complexity index is 1140. The first-order valence-corrected chi connectivity index (χ1v) is 8.73. The lowest BCUT2D eigenvalue weighted by Crippen LogP contribution is -1.92. The second kappa shape index (κ2) is 8.50. The van der Waals surface area contributed by atoms with E-state index >= 15 is 0 Å². The number of nitrogens with zero attached hydrogens (tertiary/aromatic N) is 2. The molecular formula is C21H15ClN2O5. The summed E-state index contributed by atoms with van der Waals surface area (Å²) in [5.41, 5.74) is 1.41. The normalized spacial score (nSPS) is 11.0. The van der Waals surface area contributed by atoms with Crippen molar-refractivity contribution in [2.75, 3.05) is 14.2 Å². The molecule has 0 unspecified atom stereocenters. The van der Waals surface area contributed by atoms with Crippen LogP contribution in [0.2, 0.25) is 5.02 Å². The predicted molar refractivity (Wildman–Crippen MR) is 109 cm³/mol. The minimum atomic E-state index is -0.520. The average molecular weight is 411 g/mol. The van der Waals surface area contributed by atoms with Gasteiger partial charge in [-0.25, -0.2) is 0 Å². The molecule has 146 valence electrons. The third-order valence-corrected chi connectivity index (χ3v) is 4.47. The van der Waals surface area contributed by atoms with E-state index in [2.05, 4.69) is 6.07 Å². The zero-order valence-corrected chi connectivity index (χ0v) is 16.3. The van der Waals surface area contributed by atoms with Crippen molar-refractivity contribution in [3.05, 3.63) is 75.0 Å². The van der Waals surface area contributed by atoms with Crippen molar-refractivity contribution in [2.24, 2.45) is 0 Å². The fourth-order valence-electron chi connectivity index (χ4n) is 2.72.